The fourth-order valence-corrected chi connectivity index (χ4v) is 2.62. The quantitative estimate of drug-likeness (QED) is 0.371. The van der Waals surface area contributed by atoms with E-state index >= 15 is 0 Å². The SMILES string of the molecule is CCOc1ccc(CCCCCCCCCBr)cc1. The summed E-state index contributed by atoms with van der Waals surface area (Å²) in [7, 11) is 0. The van der Waals surface area contributed by atoms with Crippen LogP contribution in [0.1, 0.15) is 57.4 Å². The van der Waals surface area contributed by atoms with Crippen LogP contribution in [0.2, 0.25) is 0 Å². The minimum absolute atomic E-state index is 0.744. The van der Waals surface area contributed by atoms with Crippen LogP contribution in [0.25, 0.3) is 0 Å². The van der Waals surface area contributed by atoms with Crippen molar-refractivity contribution in [3.05, 3.63) is 29.8 Å². The lowest BCUT2D eigenvalue weighted by atomic mass is 10.0. The van der Waals surface area contributed by atoms with Gasteiger partial charge in [0, 0.05) is 5.33 Å². The Bertz CT molecular complexity index is 308. The van der Waals surface area contributed by atoms with Crippen LogP contribution in [0.5, 0.6) is 5.75 Å². The molecule has 0 aliphatic rings. The number of hydrogen-bond donors (Lipinski definition) is 0. The second-order valence-electron chi connectivity index (χ2n) is 4.99. The Morgan fingerprint density at radius 3 is 2.00 bits per heavy atom. The fraction of sp³-hybridized carbons (Fsp3) is 0.647. The van der Waals surface area contributed by atoms with E-state index in [4.69, 9.17) is 4.74 Å². The number of ether oxygens (including phenoxy) is 1. The molecule has 108 valence electrons. The average molecular weight is 327 g/mol. The third-order valence-corrected chi connectivity index (χ3v) is 3.89. The Morgan fingerprint density at radius 1 is 0.842 bits per heavy atom. The molecule has 1 aromatic rings. The Balaban J connectivity index is 2.02. The van der Waals surface area contributed by atoms with Gasteiger partial charge in [-0.3, -0.25) is 0 Å². The zero-order valence-corrected chi connectivity index (χ0v) is 13.8. The van der Waals surface area contributed by atoms with Crippen LogP contribution in [0.15, 0.2) is 24.3 Å². The normalized spacial score (nSPS) is 10.6. The highest BCUT2D eigenvalue weighted by Crippen LogP contribution is 2.15. The molecule has 0 aliphatic carbocycles. The van der Waals surface area contributed by atoms with E-state index in [1.54, 1.807) is 0 Å². The van der Waals surface area contributed by atoms with Gasteiger partial charge >= 0.3 is 0 Å². The number of aryl methyl sites for hydroxylation is 1. The van der Waals surface area contributed by atoms with Gasteiger partial charge in [-0.2, -0.15) is 0 Å². The third-order valence-electron chi connectivity index (χ3n) is 3.33. The van der Waals surface area contributed by atoms with Crippen molar-refractivity contribution in [1.82, 2.24) is 0 Å². The van der Waals surface area contributed by atoms with Crippen LogP contribution < -0.4 is 4.74 Å². The average Bonchev–Trinajstić information content (AvgIpc) is 2.44. The topological polar surface area (TPSA) is 9.23 Å². The monoisotopic (exact) mass is 326 g/mol. The molecule has 1 rings (SSSR count). The van der Waals surface area contributed by atoms with Crippen LogP contribution in [-0.4, -0.2) is 11.9 Å². The van der Waals surface area contributed by atoms with Gasteiger partial charge in [0.2, 0.25) is 0 Å². The first-order chi connectivity index (χ1) is 9.36. The molecule has 0 N–H and O–H groups in total. The van der Waals surface area contributed by atoms with Gasteiger partial charge in [0.15, 0.2) is 0 Å². The minimum atomic E-state index is 0.744. The number of alkyl halides is 1. The van der Waals surface area contributed by atoms with Crippen molar-refractivity contribution in [2.75, 3.05) is 11.9 Å². The number of halogens is 1. The predicted molar refractivity (Wildman–Crippen MR) is 87.4 cm³/mol. The van der Waals surface area contributed by atoms with E-state index in [2.05, 4.69) is 40.2 Å². The van der Waals surface area contributed by atoms with Crippen molar-refractivity contribution in [3.8, 4) is 5.75 Å². The highest BCUT2D eigenvalue weighted by molar-refractivity contribution is 9.09. The van der Waals surface area contributed by atoms with Crippen molar-refractivity contribution in [2.24, 2.45) is 0 Å². The van der Waals surface area contributed by atoms with Crippen molar-refractivity contribution in [1.29, 1.82) is 0 Å². The highest BCUT2D eigenvalue weighted by atomic mass is 79.9. The molecule has 0 atom stereocenters. The number of benzene rings is 1. The smallest absolute Gasteiger partial charge is 0.119 e. The molecule has 0 aliphatic heterocycles. The molecule has 1 nitrogen and oxygen atoms in total. The van der Waals surface area contributed by atoms with Gasteiger partial charge in [0.05, 0.1) is 6.61 Å². The summed E-state index contributed by atoms with van der Waals surface area (Å²) in [4.78, 5) is 0. The maximum atomic E-state index is 5.45. The first kappa shape index (κ1) is 16.6. The van der Waals surface area contributed by atoms with Gasteiger partial charge in [-0.1, -0.05) is 60.2 Å². The summed E-state index contributed by atoms with van der Waals surface area (Å²) in [5.74, 6) is 0.984. The first-order valence-corrected chi connectivity index (χ1v) is 8.76. The molecule has 19 heavy (non-hydrogen) atoms. The van der Waals surface area contributed by atoms with Crippen LogP contribution in [0, 0.1) is 0 Å². The van der Waals surface area contributed by atoms with E-state index < -0.39 is 0 Å². The Morgan fingerprint density at radius 2 is 1.42 bits per heavy atom. The van der Waals surface area contributed by atoms with Crippen molar-refractivity contribution in [2.45, 2.75) is 58.3 Å². The molecule has 0 saturated carbocycles. The van der Waals surface area contributed by atoms with Crippen LogP contribution >= 0.6 is 15.9 Å². The molecule has 0 radical (unpaired) electrons. The van der Waals surface area contributed by atoms with Crippen LogP contribution in [-0.2, 0) is 6.42 Å². The van der Waals surface area contributed by atoms with Crippen LogP contribution in [0.4, 0.5) is 0 Å². The summed E-state index contributed by atoms with van der Waals surface area (Å²) in [6.07, 6.45) is 10.8. The lowest BCUT2D eigenvalue weighted by Gasteiger charge is -2.05. The summed E-state index contributed by atoms with van der Waals surface area (Å²) >= 11 is 3.48. The molecule has 0 spiro atoms. The molecule has 0 bridgehead atoms. The molecule has 2 heteroatoms. The van der Waals surface area contributed by atoms with Gasteiger partial charge in [-0.15, -0.1) is 0 Å². The second-order valence-corrected chi connectivity index (χ2v) is 5.78. The van der Waals surface area contributed by atoms with E-state index in [1.165, 1.54) is 56.9 Å². The maximum Gasteiger partial charge on any atom is 0.119 e. The molecule has 0 aromatic heterocycles. The highest BCUT2D eigenvalue weighted by Gasteiger charge is 1.96. The van der Waals surface area contributed by atoms with Gasteiger partial charge in [-0.25, -0.2) is 0 Å². The molecule has 0 saturated heterocycles. The van der Waals surface area contributed by atoms with Gasteiger partial charge in [-0.05, 0) is 43.9 Å². The van der Waals surface area contributed by atoms with E-state index in [1.807, 2.05) is 6.92 Å². The van der Waals surface area contributed by atoms with Crippen LogP contribution in [0.3, 0.4) is 0 Å². The third kappa shape index (κ3) is 8.30. The largest absolute Gasteiger partial charge is 0.494 e. The summed E-state index contributed by atoms with van der Waals surface area (Å²) in [5.41, 5.74) is 1.43. The predicted octanol–water partition coefficient (Wildman–Crippen LogP) is 5.75. The molecule has 0 heterocycles. The first-order valence-electron chi connectivity index (χ1n) is 7.64. The summed E-state index contributed by atoms with van der Waals surface area (Å²) in [6, 6.07) is 8.56. The second kappa shape index (κ2) is 11.3. The van der Waals surface area contributed by atoms with Gasteiger partial charge in [0.25, 0.3) is 0 Å². The summed E-state index contributed by atoms with van der Waals surface area (Å²) in [6.45, 7) is 2.76. The zero-order valence-electron chi connectivity index (χ0n) is 12.2. The zero-order chi connectivity index (χ0) is 13.8. The van der Waals surface area contributed by atoms with E-state index in [0.717, 1.165) is 17.7 Å². The van der Waals surface area contributed by atoms with Crippen molar-refractivity contribution < 1.29 is 4.74 Å². The molecular weight excluding hydrogens is 300 g/mol. The molecule has 0 unspecified atom stereocenters. The molecule has 0 amide bonds. The summed E-state index contributed by atoms with van der Waals surface area (Å²) < 4.78 is 5.45. The maximum absolute atomic E-state index is 5.45. The standard InChI is InChI=1S/C17H27BrO/c1-2-19-17-13-11-16(12-14-17)10-8-6-4-3-5-7-9-15-18/h11-14H,2-10,15H2,1H3. The lowest BCUT2D eigenvalue weighted by molar-refractivity contribution is 0.340. The Kier molecular flexibility index (Phi) is 9.88. The molecular formula is C17H27BrO. The van der Waals surface area contributed by atoms with Crippen molar-refractivity contribution in [3.63, 3.8) is 0 Å². The Hall–Kier alpha value is -0.500. The van der Waals surface area contributed by atoms with E-state index in [-0.39, 0.29) is 0 Å². The molecule has 1 aromatic carbocycles. The fourth-order valence-electron chi connectivity index (χ4n) is 2.23. The van der Waals surface area contributed by atoms with Crippen molar-refractivity contribution >= 4 is 15.9 Å². The minimum Gasteiger partial charge on any atom is -0.494 e. The Labute approximate surface area is 126 Å². The van der Waals surface area contributed by atoms with Gasteiger partial charge < -0.3 is 4.74 Å². The van der Waals surface area contributed by atoms with E-state index in [0.29, 0.717) is 0 Å². The molecule has 0 fully saturated rings. The number of unbranched alkanes of at least 4 members (excludes halogenated alkanes) is 6. The number of rotatable bonds is 11. The number of hydrogen-bond acceptors (Lipinski definition) is 1. The van der Waals surface area contributed by atoms with E-state index in [9.17, 15) is 0 Å². The summed E-state index contributed by atoms with van der Waals surface area (Å²) in [5, 5.41) is 1.16. The lowest BCUT2D eigenvalue weighted by Crippen LogP contribution is -1.92. The van der Waals surface area contributed by atoms with Gasteiger partial charge in [0.1, 0.15) is 5.75 Å².